The number of benzene rings is 1. The van der Waals surface area contributed by atoms with Gasteiger partial charge in [0.1, 0.15) is 5.69 Å². The number of hydrogen-bond acceptors (Lipinski definition) is 3. The minimum Gasteiger partial charge on any atom is -0.392 e. The number of nitrogens with zero attached hydrogens (tertiary/aromatic N) is 2. The van der Waals surface area contributed by atoms with Gasteiger partial charge in [0.05, 0.1) is 12.3 Å². The number of halogens is 3. The molecule has 1 N–H and O–H groups in total. The van der Waals surface area contributed by atoms with Gasteiger partial charge in [-0.15, -0.1) is 0 Å². The van der Waals surface area contributed by atoms with E-state index in [0.29, 0.717) is 24.1 Å². The number of carbonyl (C=O) groups excluding carboxylic acids is 1. The fourth-order valence-electron chi connectivity index (χ4n) is 2.88. The Morgan fingerprint density at radius 2 is 1.84 bits per heavy atom. The lowest BCUT2D eigenvalue weighted by atomic mass is 10.0. The summed E-state index contributed by atoms with van der Waals surface area (Å²) in [4.78, 5) is 17.1. The highest BCUT2D eigenvalue weighted by Gasteiger charge is 2.33. The fourth-order valence-corrected chi connectivity index (χ4v) is 2.88. The molecule has 1 fully saturated rings. The first kappa shape index (κ1) is 17.4. The molecule has 0 spiro atoms. The molecule has 1 saturated heterocycles. The van der Waals surface area contributed by atoms with Crippen LogP contribution in [0.5, 0.6) is 0 Å². The second kappa shape index (κ2) is 6.84. The predicted molar refractivity (Wildman–Crippen MR) is 85.2 cm³/mol. The zero-order valence-corrected chi connectivity index (χ0v) is 13.4. The fraction of sp³-hybridized carbons (Fsp3) is 0.333. The van der Waals surface area contributed by atoms with Crippen LogP contribution in [0, 0.1) is 0 Å². The Labute approximate surface area is 142 Å². The summed E-state index contributed by atoms with van der Waals surface area (Å²) in [6, 6.07) is 8.97. The standard InChI is InChI=1S/C18H17F3N2O2/c19-18(20,21)15-8-7-14(11-24)17(22-15)13-5-3-12(4-6-13)10-23-9-1-2-16(23)25/h3-8,24H,1-2,9-11H2. The Balaban J connectivity index is 1.87. The lowest BCUT2D eigenvalue weighted by Crippen LogP contribution is -2.23. The third kappa shape index (κ3) is 3.82. The number of carbonyl (C=O) groups is 1. The maximum Gasteiger partial charge on any atom is 0.433 e. The van der Waals surface area contributed by atoms with Crippen LogP contribution < -0.4 is 0 Å². The Kier molecular flexibility index (Phi) is 4.76. The topological polar surface area (TPSA) is 53.4 Å². The number of aliphatic hydroxyl groups excluding tert-OH is 1. The molecule has 25 heavy (non-hydrogen) atoms. The molecule has 0 unspecified atom stereocenters. The molecule has 132 valence electrons. The minimum atomic E-state index is -4.54. The number of rotatable bonds is 4. The quantitative estimate of drug-likeness (QED) is 0.920. The van der Waals surface area contributed by atoms with Crippen molar-refractivity contribution in [1.82, 2.24) is 9.88 Å². The summed E-state index contributed by atoms with van der Waals surface area (Å²) in [5.74, 6) is 0.117. The van der Waals surface area contributed by atoms with Crippen LogP contribution in [0.25, 0.3) is 11.3 Å². The van der Waals surface area contributed by atoms with Gasteiger partial charge in [0.2, 0.25) is 5.91 Å². The van der Waals surface area contributed by atoms with Gasteiger partial charge in [-0.05, 0) is 18.1 Å². The summed E-state index contributed by atoms with van der Waals surface area (Å²) in [6.45, 7) is 0.816. The summed E-state index contributed by atoms with van der Waals surface area (Å²) in [5.41, 5.74) is 0.839. The molecule has 1 amide bonds. The van der Waals surface area contributed by atoms with Crippen molar-refractivity contribution in [2.75, 3.05) is 6.54 Å². The molecule has 1 aliphatic heterocycles. The number of pyridine rings is 1. The number of hydrogen-bond donors (Lipinski definition) is 1. The predicted octanol–water partition coefficient (Wildman–Crippen LogP) is 3.38. The minimum absolute atomic E-state index is 0.112. The van der Waals surface area contributed by atoms with Crippen molar-refractivity contribution in [3.8, 4) is 11.3 Å². The van der Waals surface area contributed by atoms with Gasteiger partial charge in [0, 0.05) is 30.6 Å². The number of alkyl halides is 3. The van der Waals surface area contributed by atoms with E-state index in [-0.39, 0.29) is 11.6 Å². The highest BCUT2D eigenvalue weighted by molar-refractivity contribution is 5.78. The summed E-state index contributed by atoms with van der Waals surface area (Å²) in [6.07, 6.45) is -3.13. The van der Waals surface area contributed by atoms with Crippen LogP contribution in [0.3, 0.4) is 0 Å². The van der Waals surface area contributed by atoms with Gasteiger partial charge in [-0.1, -0.05) is 30.3 Å². The van der Waals surface area contributed by atoms with E-state index in [1.807, 2.05) is 0 Å². The Morgan fingerprint density at radius 3 is 2.40 bits per heavy atom. The lowest BCUT2D eigenvalue weighted by Gasteiger charge is -2.16. The third-order valence-electron chi connectivity index (χ3n) is 4.21. The van der Waals surface area contributed by atoms with Gasteiger partial charge in [0.25, 0.3) is 0 Å². The summed E-state index contributed by atoms with van der Waals surface area (Å²) in [7, 11) is 0. The molecule has 0 saturated carbocycles. The van der Waals surface area contributed by atoms with Crippen molar-refractivity contribution in [3.63, 3.8) is 0 Å². The largest absolute Gasteiger partial charge is 0.433 e. The van der Waals surface area contributed by atoms with Crippen LogP contribution in [0.1, 0.15) is 29.7 Å². The maximum atomic E-state index is 12.9. The Bertz CT molecular complexity index is 773. The maximum absolute atomic E-state index is 12.9. The van der Waals surface area contributed by atoms with Gasteiger partial charge >= 0.3 is 6.18 Å². The van der Waals surface area contributed by atoms with E-state index >= 15 is 0 Å². The van der Waals surface area contributed by atoms with Crippen LogP contribution in [-0.4, -0.2) is 27.4 Å². The molecule has 0 atom stereocenters. The van der Waals surface area contributed by atoms with Crippen molar-refractivity contribution < 1.29 is 23.1 Å². The first-order valence-corrected chi connectivity index (χ1v) is 7.93. The Hall–Kier alpha value is -2.41. The molecule has 0 bridgehead atoms. The summed E-state index contributed by atoms with van der Waals surface area (Å²) >= 11 is 0. The zero-order chi connectivity index (χ0) is 18.0. The normalized spacial score (nSPS) is 15.0. The van der Waals surface area contributed by atoms with Crippen LogP contribution in [-0.2, 0) is 24.1 Å². The molecule has 0 aliphatic carbocycles. The molecule has 2 aromatic rings. The molecule has 3 rings (SSSR count). The van der Waals surface area contributed by atoms with Crippen molar-refractivity contribution >= 4 is 5.91 Å². The average Bonchev–Trinajstić information content (AvgIpc) is 2.99. The van der Waals surface area contributed by atoms with E-state index in [1.54, 1.807) is 29.2 Å². The zero-order valence-electron chi connectivity index (χ0n) is 13.4. The van der Waals surface area contributed by atoms with Crippen molar-refractivity contribution in [2.24, 2.45) is 0 Å². The van der Waals surface area contributed by atoms with Gasteiger partial charge in [0.15, 0.2) is 0 Å². The van der Waals surface area contributed by atoms with E-state index in [1.165, 1.54) is 6.07 Å². The second-order valence-electron chi connectivity index (χ2n) is 5.98. The van der Waals surface area contributed by atoms with Crippen LogP contribution in [0.15, 0.2) is 36.4 Å². The highest BCUT2D eigenvalue weighted by Crippen LogP contribution is 2.31. The van der Waals surface area contributed by atoms with Crippen LogP contribution in [0.4, 0.5) is 13.2 Å². The summed E-state index contributed by atoms with van der Waals surface area (Å²) < 4.78 is 38.7. The molecular weight excluding hydrogens is 333 g/mol. The molecule has 7 heteroatoms. The lowest BCUT2D eigenvalue weighted by molar-refractivity contribution is -0.141. The monoisotopic (exact) mass is 350 g/mol. The van der Waals surface area contributed by atoms with Gasteiger partial charge in [-0.25, -0.2) is 4.98 Å². The van der Waals surface area contributed by atoms with Crippen molar-refractivity contribution in [3.05, 3.63) is 53.2 Å². The molecule has 1 aromatic carbocycles. The van der Waals surface area contributed by atoms with Gasteiger partial charge in [-0.3, -0.25) is 4.79 Å². The van der Waals surface area contributed by atoms with E-state index in [0.717, 1.165) is 24.6 Å². The van der Waals surface area contributed by atoms with E-state index < -0.39 is 18.5 Å². The van der Waals surface area contributed by atoms with E-state index in [9.17, 15) is 23.1 Å². The molecule has 1 aromatic heterocycles. The van der Waals surface area contributed by atoms with Gasteiger partial charge < -0.3 is 10.0 Å². The smallest absolute Gasteiger partial charge is 0.392 e. The number of aliphatic hydroxyl groups is 1. The molecule has 1 aliphatic rings. The highest BCUT2D eigenvalue weighted by atomic mass is 19.4. The first-order chi connectivity index (χ1) is 11.9. The number of amides is 1. The number of aromatic nitrogens is 1. The second-order valence-corrected chi connectivity index (χ2v) is 5.98. The van der Waals surface area contributed by atoms with Crippen LogP contribution >= 0.6 is 0 Å². The van der Waals surface area contributed by atoms with E-state index in [2.05, 4.69) is 4.98 Å². The van der Waals surface area contributed by atoms with Crippen molar-refractivity contribution in [1.29, 1.82) is 0 Å². The van der Waals surface area contributed by atoms with E-state index in [4.69, 9.17) is 0 Å². The molecule has 0 radical (unpaired) electrons. The molecule has 4 nitrogen and oxygen atoms in total. The summed E-state index contributed by atoms with van der Waals surface area (Å²) in [5, 5.41) is 9.38. The molecule has 2 heterocycles. The van der Waals surface area contributed by atoms with Crippen molar-refractivity contribution in [2.45, 2.75) is 32.2 Å². The number of likely N-dealkylation sites (tertiary alicyclic amines) is 1. The van der Waals surface area contributed by atoms with Gasteiger partial charge in [-0.2, -0.15) is 13.2 Å². The Morgan fingerprint density at radius 1 is 1.12 bits per heavy atom. The third-order valence-corrected chi connectivity index (χ3v) is 4.21. The SMILES string of the molecule is O=C1CCCN1Cc1ccc(-c2nc(C(F)(F)F)ccc2CO)cc1. The molecular formula is C18H17F3N2O2. The first-order valence-electron chi connectivity index (χ1n) is 7.93. The van der Waals surface area contributed by atoms with Crippen LogP contribution in [0.2, 0.25) is 0 Å². The average molecular weight is 350 g/mol.